The Morgan fingerprint density at radius 2 is 2.11 bits per heavy atom. The third kappa shape index (κ3) is 4.38. The first-order valence-electron chi connectivity index (χ1n) is 6.52. The van der Waals surface area contributed by atoms with Gasteiger partial charge in [0.2, 0.25) is 0 Å². The molecule has 100 valence electrons. The molecule has 2 nitrogen and oxygen atoms in total. The Hall–Kier alpha value is 0.190. The number of hydrogen-bond acceptors (Lipinski definition) is 2. The van der Waals surface area contributed by atoms with Crippen LogP contribution in [0.3, 0.4) is 0 Å². The minimum absolute atomic E-state index is 0.233. The van der Waals surface area contributed by atoms with Crippen LogP contribution in [0.25, 0.3) is 0 Å². The lowest BCUT2D eigenvalue weighted by atomic mass is 10.00. The standard InChI is InChI=1S/C14H19BrINO/c15-11-5-6-13(16)14(8-11)17-9-12(18)7-10-3-1-2-4-10/h5-6,8,10,12,17-18H,1-4,7,9H2. The highest BCUT2D eigenvalue weighted by molar-refractivity contribution is 14.1. The van der Waals surface area contributed by atoms with Crippen molar-refractivity contribution in [1.82, 2.24) is 0 Å². The van der Waals surface area contributed by atoms with E-state index in [-0.39, 0.29) is 6.10 Å². The number of rotatable bonds is 5. The van der Waals surface area contributed by atoms with Gasteiger partial charge in [-0.25, -0.2) is 0 Å². The Labute approximate surface area is 131 Å². The highest BCUT2D eigenvalue weighted by Gasteiger charge is 2.18. The van der Waals surface area contributed by atoms with Gasteiger partial charge in [-0.2, -0.15) is 0 Å². The summed E-state index contributed by atoms with van der Waals surface area (Å²) in [7, 11) is 0. The summed E-state index contributed by atoms with van der Waals surface area (Å²) in [6, 6.07) is 6.16. The van der Waals surface area contributed by atoms with E-state index < -0.39 is 0 Å². The number of aliphatic hydroxyl groups excluding tert-OH is 1. The van der Waals surface area contributed by atoms with Gasteiger partial charge < -0.3 is 10.4 Å². The SMILES string of the molecule is OC(CNc1cc(Br)ccc1I)CC1CCCC1. The van der Waals surface area contributed by atoms with Crippen LogP contribution in [-0.4, -0.2) is 17.8 Å². The van der Waals surface area contributed by atoms with E-state index in [1.54, 1.807) is 0 Å². The molecule has 1 aromatic carbocycles. The molecule has 0 heterocycles. The molecule has 2 N–H and O–H groups in total. The lowest BCUT2D eigenvalue weighted by molar-refractivity contribution is 0.155. The van der Waals surface area contributed by atoms with Crippen LogP contribution in [0.15, 0.2) is 22.7 Å². The van der Waals surface area contributed by atoms with Crippen LogP contribution in [-0.2, 0) is 0 Å². The smallest absolute Gasteiger partial charge is 0.0715 e. The zero-order valence-electron chi connectivity index (χ0n) is 10.3. The summed E-state index contributed by atoms with van der Waals surface area (Å²) in [6.07, 6.45) is 5.99. The number of halogens is 2. The monoisotopic (exact) mass is 423 g/mol. The summed E-state index contributed by atoms with van der Waals surface area (Å²) in [5.74, 6) is 0.739. The van der Waals surface area contributed by atoms with Crippen molar-refractivity contribution in [3.63, 3.8) is 0 Å². The van der Waals surface area contributed by atoms with Crippen LogP contribution in [0, 0.1) is 9.49 Å². The molecule has 1 aliphatic carbocycles. The van der Waals surface area contributed by atoms with Gasteiger partial charge in [-0.3, -0.25) is 0 Å². The van der Waals surface area contributed by atoms with Crippen molar-refractivity contribution in [3.8, 4) is 0 Å². The van der Waals surface area contributed by atoms with Crippen molar-refractivity contribution in [2.45, 2.75) is 38.2 Å². The van der Waals surface area contributed by atoms with Crippen molar-refractivity contribution in [2.75, 3.05) is 11.9 Å². The summed E-state index contributed by atoms with van der Waals surface area (Å²) in [4.78, 5) is 0. The molecular weight excluding hydrogens is 405 g/mol. The molecule has 2 rings (SSSR count). The molecule has 1 unspecified atom stereocenters. The van der Waals surface area contributed by atoms with Gasteiger partial charge in [-0.1, -0.05) is 41.6 Å². The summed E-state index contributed by atoms with van der Waals surface area (Å²) in [5.41, 5.74) is 1.09. The molecule has 4 heteroatoms. The normalized spacial score (nSPS) is 17.9. The maximum atomic E-state index is 10.1. The average Bonchev–Trinajstić information content (AvgIpc) is 2.83. The fourth-order valence-corrected chi connectivity index (χ4v) is 3.46. The van der Waals surface area contributed by atoms with Crippen molar-refractivity contribution >= 4 is 44.2 Å². The van der Waals surface area contributed by atoms with Crippen molar-refractivity contribution in [1.29, 1.82) is 0 Å². The second-order valence-corrected chi connectivity index (χ2v) is 7.12. The molecule has 0 spiro atoms. The van der Waals surface area contributed by atoms with E-state index in [0.717, 1.165) is 22.5 Å². The van der Waals surface area contributed by atoms with Gasteiger partial charge in [0, 0.05) is 20.3 Å². The van der Waals surface area contributed by atoms with Crippen molar-refractivity contribution in [2.24, 2.45) is 5.92 Å². The highest BCUT2D eigenvalue weighted by Crippen LogP contribution is 2.29. The maximum Gasteiger partial charge on any atom is 0.0715 e. The molecule has 1 fully saturated rings. The molecule has 1 aromatic rings. The number of aliphatic hydroxyl groups is 1. The lowest BCUT2D eigenvalue weighted by Crippen LogP contribution is -2.22. The van der Waals surface area contributed by atoms with Crippen LogP contribution in [0.2, 0.25) is 0 Å². The zero-order chi connectivity index (χ0) is 13.0. The van der Waals surface area contributed by atoms with E-state index in [1.165, 1.54) is 29.3 Å². The molecule has 18 heavy (non-hydrogen) atoms. The third-order valence-electron chi connectivity index (χ3n) is 3.54. The molecule has 1 atom stereocenters. The third-order valence-corrected chi connectivity index (χ3v) is 4.97. The molecule has 0 aromatic heterocycles. The van der Waals surface area contributed by atoms with Crippen LogP contribution >= 0.6 is 38.5 Å². The fourth-order valence-electron chi connectivity index (χ4n) is 2.57. The molecule has 0 radical (unpaired) electrons. The predicted octanol–water partition coefficient (Wildman–Crippen LogP) is 4.41. The number of anilines is 1. The summed E-state index contributed by atoms with van der Waals surface area (Å²) >= 11 is 5.78. The minimum Gasteiger partial charge on any atom is -0.391 e. The Balaban J connectivity index is 1.81. The fraction of sp³-hybridized carbons (Fsp3) is 0.571. The number of benzene rings is 1. The molecule has 1 saturated carbocycles. The van der Waals surface area contributed by atoms with Gasteiger partial charge in [0.05, 0.1) is 6.10 Å². The zero-order valence-corrected chi connectivity index (χ0v) is 14.1. The molecular formula is C14H19BrINO. The van der Waals surface area contributed by atoms with Crippen LogP contribution in [0.4, 0.5) is 5.69 Å². The van der Waals surface area contributed by atoms with Gasteiger partial charge in [0.15, 0.2) is 0 Å². The van der Waals surface area contributed by atoms with Crippen molar-refractivity contribution in [3.05, 3.63) is 26.2 Å². The number of hydrogen-bond donors (Lipinski definition) is 2. The van der Waals surface area contributed by atoms with E-state index >= 15 is 0 Å². The lowest BCUT2D eigenvalue weighted by Gasteiger charge is -2.17. The first-order chi connectivity index (χ1) is 8.65. The van der Waals surface area contributed by atoms with Gasteiger partial charge in [0.25, 0.3) is 0 Å². The van der Waals surface area contributed by atoms with Gasteiger partial charge in [0.1, 0.15) is 0 Å². The van der Waals surface area contributed by atoms with E-state index in [9.17, 15) is 5.11 Å². The molecule has 1 aliphatic rings. The summed E-state index contributed by atoms with van der Waals surface area (Å²) in [5, 5.41) is 13.4. The van der Waals surface area contributed by atoms with E-state index in [1.807, 2.05) is 6.07 Å². The first kappa shape index (κ1) is 14.6. The van der Waals surface area contributed by atoms with E-state index in [0.29, 0.717) is 6.54 Å². The average molecular weight is 424 g/mol. The second kappa shape index (κ2) is 7.10. The molecule has 0 amide bonds. The molecule has 0 aliphatic heterocycles. The van der Waals surface area contributed by atoms with Crippen LogP contribution in [0.1, 0.15) is 32.1 Å². The summed E-state index contributed by atoms with van der Waals surface area (Å²) < 4.78 is 2.25. The maximum absolute atomic E-state index is 10.1. The van der Waals surface area contributed by atoms with Crippen LogP contribution < -0.4 is 5.32 Å². The quantitative estimate of drug-likeness (QED) is 0.687. The Morgan fingerprint density at radius 1 is 1.39 bits per heavy atom. The highest BCUT2D eigenvalue weighted by atomic mass is 127. The van der Waals surface area contributed by atoms with E-state index in [2.05, 4.69) is 56.0 Å². The first-order valence-corrected chi connectivity index (χ1v) is 8.39. The van der Waals surface area contributed by atoms with Gasteiger partial charge >= 0.3 is 0 Å². The molecule has 0 saturated heterocycles. The predicted molar refractivity (Wildman–Crippen MR) is 87.9 cm³/mol. The minimum atomic E-state index is -0.233. The topological polar surface area (TPSA) is 32.3 Å². The van der Waals surface area contributed by atoms with E-state index in [4.69, 9.17) is 0 Å². The van der Waals surface area contributed by atoms with Crippen LogP contribution in [0.5, 0.6) is 0 Å². The number of nitrogens with one attached hydrogen (secondary N) is 1. The molecule has 0 bridgehead atoms. The Bertz CT molecular complexity index is 393. The second-order valence-electron chi connectivity index (χ2n) is 5.05. The van der Waals surface area contributed by atoms with Crippen molar-refractivity contribution < 1.29 is 5.11 Å². The Kier molecular flexibility index (Phi) is 5.76. The summed E-state index contributed by atoms with van der Waals surface area (Å²) in [6.45, 7) is 0.642. The largest absolute Gasteiger partial charge is 0.391 e. The Morgan fingerprint density at radius 3 is 2.83 bits per heavy atom. The van der Waals surface area contributed by atoms with Gasteiger partial charge in [-0.15, -0.1) is 0 Å². The van der Waals surface area contributed by atoms with Gasteiger partial charge in [-0.05, 0) is 53.1 Å².